The molecule has 2 aliphatic rings. The molecule has 3 rings (SSSR count). The zero-order chi connectivity index (χ0) is 14.9. The van der Waals surface area contributed by atoms with E-state index in [1.165, 1.54) is 0 Å². The number of hydrogen-bond acceptors (Lipinski definition) is 4. The Morgan fingerprint density at radius 2 is 1.90 bits per heavy atom. The van der Waals surface area contributed by atoms with Crippen LogP contribution in [0.2, 0.25) is 0 Å². The maximum Gasteiger partial charge on any atom is 0.247 e. The van der Waals surface area contributed by atoms with E-state index in [2.05, 4.69) is 10.2 Å². The van der Waals surface area contributed by atoms with Gasteiger partial charge < -0.3 is 15.0 Å². The molecule has 5 nitrogen and oxygen atoms in total. The third kappa shape index (κ3) is 2.63. The average Bonchev–Trinajstić information content (AvgIpc) is 2.54. The van der Waals surface area contributed by atoms with Gasteiger partial charge in [0.05, 0.1) is 17.8 Å². The second kappa shape index (κ2) is 5.66. The normalized spacial score (nSPS) is 19.8. The maximum absolute atomic E-state index is 13.1. The highest BCUT2D eigenvalue weighted by molar-refractivity contribution is 6.01. The van der Waals surface area contributed by atoms with Gasteiger partial charge in [0, 0.05) is 26.2 Å². The Hall–Kier alpha value is -1.59. The highest BCUT2D eigenvalue weighted by Gasteiger charge is 2.40. The van der Waals surface area contributed by atoms with Crippen molar-refractivity contribution >= 4 is 11.6 Å². The number of para-hydroxylation sites is 2. The Bertz CT molecular complexity index is 524. The number of fused-ring (bicyclic) bond motifs is 1. The van der Waals surface area contributed by atoms with Gasteiger partial charge >= 0.3 is 0 Å². The summed E-state index contributed by atoms with van der Waals surface area (Å²) in [5.74, 6) is 0.952. The number of ether oxygens (including phenoxy) is 1. The van der Waals surface area contributed by atoms with Crippen LogP contribution in [0.5, 0.6) is 5.75 Å². The molecule has 0 radical (unpaired) electrons. The first kappa shape index (κ1) is 14.4. The Kier molecular flexibility index (Phi) is 3.87. The summed E-state index contributed by atoms with van der Waals surface area (Å²) in [6, 6.07) is 7.77. The number of nitrogens with zero attached hydrogens (tertiary/aromatic N) is 2. The molecular weight excluding hydrogens is 266 g/mol. The number of hydrogen-bond donors (Lipinski definition) is 1. The molecule has 0 aliphatic carbocycles. The number of carbonyl (C=O) groups excluding carboxylic acids is 1. The zero-order valence-electron chi connectivity index (χ0n) is 12.8. The third-order valence-corrected chi connectivity index (χ3v) is 4.40. The lowest BCUT2D eigenvalue weighted by Crippen LogP contribution is -2.61. The van der Waals surface area contributed by atoms with Crippen molar-refractivity contribution in [2.24, 2.45) is 0 Å². The van der Waals surface area contributed by atoms with Crippen LogP contribution in [0.25, 0.3) is 0 Å². The minimum atomic E-state index is -0.494. The molecule has 0 bridgehead atoms. The fraction of sp³-hybridized carbons (Fsp3) is 0.562. The number of anilines is 1. The molecule has 21 heavy (non-hydrogen) atoms. The number of rotatable bonds is 2. The van der Waals surface area contributed by atoms with Gasteiger partial charge in [-0.2, -0.15) is 0 Å². The summed E-state index contributed by atoms with van der Waals surface area (Å²) in [6.07, 6.45) is 0. The van der Waals surface area contributed by atoms with Crippen molar-refractivity contribution in [3.63, 3.8) is 0 Å². The molecule has 1 fully saturated rings. The van der Waals surface area contributed by atoms with E-state index < -0.39 is 5.54 Å². The molecule has 1 aromatic carbocycles. The summed E-state index contributed by atoms with van der Waals surface area (Å²) >= 11 is 0. The quantitative estimate of drug-likeness (QED) is 0.885. The van der Waals surface area contributed by atoms with Gasteiger partial charge in [-0.1, -0.05) is 12.1 Å². The lowest BCUT2D eigenvalue weighted by molar-refractivity contribution is -0.129. The summed E-state index contributed by atoms with van der Waals surface area (Å²) in [5, 5.41) is 3.33. The van der Waals surface area contributed by atoms with Crippen molar-refractivity contribution in [3.05, 3.63) is 24.3 Å². The Balaban J connectivity index is 1.85. The van der Waals surface area contributed by atoms with Crippen molar-refractivity contribution in [3.8, 4) is 5.75 Å². The molecule has 2 heterocycles. The van der Waals surface area contributed by atoms with Crippen LogP contribution in [0.15, 0.2) is 24.3 Å². The number of amides is 1. The summed E-state index contributed by atoms with van der Waals surface area (Å²) in [6.45, 7) is 8.92. The third-order valence-electron chi connectivity index (χ3n) is 4.40. The van der Waals surface area contributed by atoms with E-state index in [-0.39, 0.29) is 5.91 Å². The molecule has 0 atom stereocenters. The molecular formula is C16H23N3O2. The SMILES string of the molecule is CC(C)(C(=O)N1CCOc2ccccc21)N1CCNCC1. The maximum atomic E-state index is 13.1. The lowest BCUT2D eigenvalue weighted by atomic mass is 9.98. The standard InChI is InChI=1S/C16H23N3O2/c1-16(2,18-9-7-17-8-10-18)15(20)19-11-12-21-14-6-4-3-5-13(14)19/h3-6,17H,7-12H2,1-2H3. The van der Waals surface area contributed by atoms with Gasteiger partial charge in [-0.3, -0.25) is 9.69 Å². The van der Waals surface area contributed by atoms with Crippen LogP contribution in [-0.4, -0.2) is 55.7 Å². The highest BCUT2D eigenvalue weighted by Crippen LogP contribution is 2.33. The van der Waals surface area contributed by atoms with Gasteiger partial charge in [0.1, 0.15) is 12.4 Å². The average molecular weight is 289 g/mol. The van der Waals surface area contributed by atoms with E-state index in [9.17, 15) is 4.79 Å². The second-order valence-corrected chi connectivity index (χ2v) is 6.07. The molecule has 0 aromatic heterocycles. The van der Waals surface area contributed by atoms with Crippen LogP contribution in [0.3, 0.4) is 0 Å². The Morgan fingerprint density at radius 1 is 1.19 bits per heavy atom. The van der Waals surface area contributed by atoms with E-state index in [1.807, 2.05) is 43.0 Å². The minimum absolute atomic E-state index is 0.153. The van der Waals surface area contributed by atoms with Gasteiger partial charge in [-0.15, -0.1) is 0 Å². The second-order valence-electron chi connectivity index (χ2n) is 6.07. The fourth-order valence-electron chi connectivity index (χ4n) is 3.07. The molecule has 1 amide bonds. The van der Waals surface area contributed by atoms with Crippen LogP contribution < -0.4 is 15.0 Å². The van der Waals surface area contributed by atoms with E-state index in [0.29, 0.717) is 13.2 Å². The summed E-state index contributed by atoms with van der Waals surface area (Å²) < 4.78 is 5.64. The molecule has 1 saturated heterocycles. The fourth-order valence-corrected chi connectivity index (χ4v) is 3.07. The van der Waals surface area contributed by atoms with Gasteiger partial charge in [0.15, 0.2) is 0 Å². The first-order valence-corrected chi connectivity index (χ1v) is 7.60. The molecule has 5 heteroatoms. The van der Waals surface area contributed by atoms with Gasteiger partial charge in [-0.05, 0) is 26.0 Å². The van der Waals surface area contributed by atoms with E-state index in [4.69, 9.17) is 4.74 Å². The monoisotopic (exact) mass is 289 g/mol. The summed E-state index contributed by atoms with van der Waals surface area (Å²) in [4.78, 5) is 17.2. The highest BCUT2D eigenvalue weighted by atomic mass is 16.5. The predicted molar refractivity (Wildman–Crippen MR) is 82.8 cm³/mol. The first-order valence-electron chi connectivity index (χ1n) is 7.60. The number of nitrogens with one attached hydrogen (secondary N) is 1. The largest absolute Gasteiger partial charge is 0.490 e. The molecule has 1 aromatic rings. The van der Waals surface area contributed by atoms with E-state index >= 15 is 0 Å². The van der Waals surface area contributed by atoms with Crippen molar-refractivity contribution < 1.29 is 9.53 Å². The molecule has 114 valence electrons. The predicted octanol–water partition coefficient (Wildman–Crippen LogP) is 1.10. The smallest absolute Gasteiger partial charge is 0.247 e. The first-order chi connectivity index (χ1) is 10.1. The Labute approximate surface area is 125 Å². The molecule has 0 spiro atoms. The number of benzene rings is 1. The molecule has 2 aliphatic heterocycles. The van der Waals surface area contributed by atoms with Crippen molar-refractivity contribution in [1.82, 2.24) is 10.2 Å². The lowest BCUT2D eigenvalue weighted by Gasteiger charge is -2.43. The molecule has 0 unspecified atom stereocenters. The van der Waals surface area contributed by atoms with E-state index in [1.54, 1.807) is 0 Å². The van der Waals surface area contributed by atoms with Crippen LogP contribution in [0, 0.1) is 0 Å². The van der Waals surface area contributed by atoms with Gasteiger partial charge in [-0.25, -0.2) is 0 Å². The van der Waals surface area contributed by atoms with Gasteiger partial charge in [0.25, 0.3) is 0 Å². The topological polar surface area (TPSA) is 44.8 Å². The van der Waals surface area contributed by atoms with Crippen LogP contribution in [0.4, 0.5) is 5.69 Å². The van der Waals surface area contributed by atoms with Crippen LogP contribution >= 0.6 is 0 Å². The number of carbonyl (C=O) groups is 1. The zero-order valence-corrected chi connectivity index (χ0v) is 12.8. The summed E-state index contributed by atoms with van der Waals surface area (Å²) in [5.41, 5.74) is 0.393. The number of piperazine rings is 1. The van der Waals surface area contributed by atoms with Crippen molar-refractivity contribution in [2.75, 3.05) is 44.2 Å². The minimum Gasteiger partial charge on any atom is -0.490 e. The van der Waals surface area contributed by atoms with Crippen molar-refractivity contribution in [1.29, 1.82) is 0 Å². The van der Waals surface area contributed by atoms with Gasteiger partial charge in [0.2, 0.25) is 5.91 Å². The summed E-state index contributed by atoms with van der Waals surface area (Å²) in [7, 11) is 0. The molecule has 1 N–H and O–H groups in total. The molecule has 0 saturated carbocycles. The van der Waals surface area contributed by atoms with E-state index in [0.717, 1.165) is 37.6 Å². The Morgan fingerprint density at radius 3 is 2.67 bits per heavy atom. The van der Waals surface area contributed by atoms with Crippen LogP contribution in [-0.2, 0) is 4.79 Å². The van der Waals surface area contributed by atoms with Crippen molar-refractivity contribution in [2.45, 2.75) is 19.4 Å². The van der Waals surface area contributed by atoms with Crippen LogP contribution in [0.1, 0.15) is 13.8 Å².